The summed E-state index contributed by atoms with van der Waals surface area (Å²) in [6, 6.07) is 1.81. The third-order valence-electron chi connectivity index (χ3n) is 4.73. The Morgan fingerprint density at radius 3 is 2.61 bits per heavy atom. The zero-order valence-electron chi connectivity index (χ0n) is 10.7. The van der Waals surface area contributed by atoms with Crippen LogP contribution < -0.4 is 0 Å². The predicted molar refractivity (Wildman–Crippen MR) is 66.3 cm³/mol. The summed E-state index contributed by atoms with van der Waals surface area (Å²) in [5.41, 5.74) is 0.999. The van der Waals surface area contributed by atoms with E-state index in [0.29, 0.717) is 5.76 Å². The second-order valence-corrected chi connectivity index (χ2v) is 5.64. The number of carbonyl (C=O) groups is 1. The van der Waals surface area contributed by atoms with Gasteiger partial charge in [0.2, 0.25) is 0 Å². The number of carbonyl (C=O) groups excluding carboxylic acids is 1. The van der Waals surface area contributed by atoms with Crippen LogP contribution in [0.5, 0.6) is 0 Å². The Hall–Kier alpha value is -1.29. The number of furan rings is 1. The summed E-state index contributed by atoms with van der Waals surface area (Å²) >= 11 is 0. The lowest BCUT2D eigenvalue weighted by molar-refractivity contribution is -0.0954. The van der Waals surface area contributed by atoms with E-state index < -0.39 is 0 Å². The predicted octanol–water partition coefficient (Wildman–Crippen LogP) is 1.97. The minimum Gasteiger partial charge on any atom is -0.459 e. The molecule has 1 spiro atoms. The SMILES string of the molecule is Cc1ccoc1C(=O)N1CCC2(CCC2O)CC1. The summed E-state index contributed by atoms with van der Waals surface area (Å²) in [6.07, 6.45) is 5.27. The van der Waals surface area contributed by atoms with Crippen LogP contribution >= 0.6 is 0 Å². The Balaban J connectivity index is 1.66. The number of nitrogens with zero attached hydrogens (tertiary/aromatic N) is 1. The van der Waals surface area contributed by atoms with E-state index in [-0.39, 0.29) is 17.4 Å². The third-order valence-corrected chi connectivity index (χ3v) is 4.73. The van der Waals surface area contributed by atoms with Crippen LogP contribution in [0.1, 0.15) is 41.8 Å². The van der Waals surface area contributed by atoms with Crippen molar-refractivity contribution in [3.63, 3.8) is 0 Å². The van der Waals surface area contributed by atoms with Crippen molar-refractivity contribution in [1.29, 1.82) is 0 Å². The smallest absolute Gasteiger partial charge is 0.289 e. The van der Waals surface area contributed by atoms with E-state index in [9.17, 15) is 9.90 Å². The second kappa shape index (κ2) is 4.12. The Bertz CT molecular complexity index is 457. The summed E-state index contributed by atoms with van der Waals surface area (Å²) in [5.74, 6) is 0.446. The molecule has 0 radical (unpaired) electrons. The van der Waals surface area contributed by atoms with Gasteiger partial charge in [-0.2, -0.15) is 0 Å². The normalized spacial score (nSPS) is 26.1. The molecule has 1 amide bonds. The molecule has 4 heteroatoms. The molecule has 4 nitrogen and oxygen atoms in total. The highest BCUT2D eigenvalue weighted by atomic mass is 16.3. The van der Waals surface area contributed by atoms with E-state index in [1.165, 1.54) is 0 Å². The van der Waals surface area contributed by atoms with E-state index >= 15 is 0 Å². The minimum atomic E-state index is -0.153. The summed E-state index contributed by atoms with van der Waals surface area (Å²) in [6.45, 7) is 3.35. The summed E-state index contributed by atoms with van der Waals surface area (Å²) < 4.78 is 5.25. The van der Waals surface area contributed by atoms with E-state index in [4.69, 9.17) is 4.42 Å². The minimum absolute atomic E-state index is 0.0128. The van der Waals surface area contributed by atoms with Gasteiger partial charge in [0.1, 0.15) is 0 Å². The number of aryl methyl sites for hydroxylation is 1. The molecule has 0 aromatic carbocycles. The average molecular weight is 249 g/mol. The Labute approximate surface area is 107 Å². The molecular formula is C14H19NO3. The molecule has 2 heterocycles. The van der Waals surface area contributed by atoms with Gasteiger partial charge in [-0.25, -0.2) is 0 Å². The highest BCUT2D eigenvalue weighted by Crippen LogP contribution is 2.49. The topological polar surface area (TPSA) is 53.7 Å². The quantitative estimate of drug-likeness (QED) is 0.827. The standard InChI is InChI=1S/C14H19NO3/c1-10-3-9-18-12(10)13(17)15-7-5-14(6-8-15)4-2-11(14)16/h3,9,11,16H,2,4-8H2,1H3. The fraction of sp³-hybridized carbons (Fsp3) is 0.643. The van der Waals surface area contributed by atoms with E-state index in [1.807, 2.05) is 17.9 Å². The van der Waals surface area contributed by atoms with Crippen LogP contribution in [0.15, 0.2) is 16.7 Å². The summed E-state index contributed by atoms with van der Waals surface area (Å²) in [7, 11) is 0. The third kappa shape index (κ3) is 1.67. The highest BCUT2D eigenvalue weighted by Gasteiger charge is 2.48. The van der Waals surface area contributed by atoms with Gasteiger partial charge in [0.15, 0.2) is 5.76 Å². The number of aliphatic hydroxyl groups excluding tert-OH is 1. The number of hydrogen-bond acceptors (Lipinski definition) is 3. The fourth-order valence-corrected chi connectivity index (χ4v) is 3.16. The van der Waals surface area contributed by atoms with E-state index in [2.05, 4.69) is 0 Å². The van der Waals surface area contributed by atoms with Gasteiger partial charge in [-0.15, -0.1) is 0 Å². The molecule has 1 aromatic rings. The molecule has 3 rings (SSSR count). The van der Waals surface area contributed by atoms with Gasteiger partial charge < -0.3 is 14.4 Å². The Kier molecular flexibility index (Phi) is 2.70. The average Bonchev–Trinajstić information content (AvgIpc) is 2.82. The molecule has 0 bridgehead atoms. The largest absolute Gasteiger partial charge is 0.459 e. The molecule has 1 aromatic heterocycles. The van der Waals surface area contributed by atoms with Crippen molar-refractivity contribution < 1.29 is 14.3 Å². The van der Waals surface area contributed by atoms with Crippen LogP contribution in [-0.2, 0) is 0 Å². The lowest BCUT2D eigenvalue weighted by Gasteiger charge is -2.51. The number of hydrogen-bond donors (Lipinski definition) is 1. The lowest BCUT2D eigenvalue weighted by atomic mass is 9.61. The first-order valence-corrected chi connectivity index (χ1v) is 6.64. The van der Waals surface area contributed by atoms with Crippen molar-refractivity contribution >= 4 is 5.91 Å². The number of aliphatic hydroxyl groups is 1. The van der Waals surface area contributed by atoms with Crippen LogP contribution in [0, 0.1) is 12.3 Å². The monoisotopic (exact) mass is 249 g/mol. The molecule has 98 valence electrons. The Morgan fingerprint density at radius 1 is 1.44 bits per heavy atom. The van der Waals surface area contributed by atoms with Gasteiger partial charge in [0.05, 0.1) is 12.4 Å². The molecule has 18 heavy (non-hydrogen) atoms. The van der Waals surface area contributed by atoms with Gasteiger partial charge in [-0.3, -0.25) is 4.79 Å². The van der Waals surface area contributed by atoms with Crippen LogP contribution in [0.25, 0.3) is 0 Å². The number of amides is 1. The van der Waals surface area contributed by atoms with E-state index in [0.717, 1.165) is 44.3 Å². The van der Waals surface area contributed by atoms with Crippen molar-refractivity contribution in [3.8, 4) is 0 Å². The molecule has 1 aliphatic heterocycles. The zero-order chi connectivity index (χ0) is 12.8. The summed E-state index contributed by atoms with van der Waals surface area (Å²) in [5, 5.41) is 9.85. The van der Waals surface area contributed by atoms with Crippen molar-refractivity contribution in [2.24, 2.45) is 5.41 Å². The maximum absolute atomic E-state index is 12.3. The molecule has 1 aliphatic carbocycles. The van der Waals surface area contributed by atoms with Gasteiger partial charge in [0.25, 0.3) is 5.91 Å². The first kappa shape index (κ1) is 11.8. The van der Waals surface area contributed by atoms with Gasteiger partial charge in [-0.05, 0) is 44.1 Å². The maximum Gasteiger partial charge on any atom is 0.289 e. The second-order valence-electron chi connectivity index (χ2n) is 5.64. The van der Waals surface area contributed by atoms with Crippen molar-refractivity contribution in [1.82, 2.24) is 4.90 Å². The summed E-state index contributed by atoms with van der Waals surface area (Å²) in [4.78, 5) is 14.1. The molecule has 2 fully saturated rings. The Morgan fingerprint density at radius 2 is 2.17 bits per heavy atom. The highest BCUT2D eigenvalue weighted by molar-refractivity contribution is 5.92. The van der Waals surface area contributed by atoms with Crippen LogP contribution in [0.4, 0.5) is 0 Å². The van der Waals surface area contributed by atoms with Crippen LogP contribution in [0.3, 0.4) is 0 Å². The van der Waals surface area contributed by atoms with Crippen LogP contribution in [-0.4, -0.2) is 35.1 Å². The van der Waals surface area contributed by atoms with Gasteiger partial charge in [0, 0.05) is 18.7 Å². The van der Waals surface area contributed by atoms with Crippen LogP contribution in [0.2, 0.25) is 0 Å². The molecule has 1 saturated heterocycles. The first-order valence-electron chi connectivity index (χ1n) is 6.64. The van der Waals surface area contributed by atoms with Gasteiger partial charge >= 0.3 is 0 Å². The molecule has 1 saturated carbocycles. The number of likely N-dealkylation sites (tertiary alicyclic amines) is 1. The number of piperidine rings is 1. The molecule has 1 atom stereocenters. The zero-order valence-corrected chi connectivity index (χ0v) is 10.7. The van der Waals surface area contributed by atoms with Gasteiger partial charge in [-0.1, -0.05) is 0 Å². The van der Waals surface area contributed by atoms with Crippen molar-refractivity contribution in [3.05, 3.63) is 23.7 Å². The van der Waals surface area contributed by atoms with Crippen molar-refractivity contribution in [2.75, 3.05) is 13.1 Å². The molecule has 2 aliphatic rings. The first-order chi connectivity index (χ1) is 8.62. The van der Waals surface area contributed by atoms with E-state index in [1.54, 1.807) is 6.26 Å². The molecular weight excluding hydrogens is 230 g/mol. The van der Waals surface area contributed by atoms with Crippen molar-refractivity contribution in [2.45, 2.75) is 38.7 Å². The molecule has 1 unspecified atom stereocenters. The number of rotatable bonds is 1. The lowest BCUT2D eigenvalue weighted by Crippen LogP contribution is -2.53. The fourth-order valence-electron chi connectivity index (χ4n) is 3.16. The maximum atomic E-state index is 12.3. The molecule has 1 N–H and O–H groups in total.